The average Bonchev–Trinajstić information content (AvgIpc) is 2.43. The highest BCUT2D eigenvalue weighted by atomic mass is 19.1. The monoisotopic (exact) mass is 249 g/mol. The summed E-state index contributed by atoms with van der Waals surface area (Å²) in [5, 5.41) is 11.8. The van der Waals surface area contributed by atoms with Crippen molar-refractivity contribution in [3.63, 3.8) is 0 Å². The number of rotatable bonds is 5. The fraction of sp³-hybridized carbons (Fsp3) is 0.385. The number of benzene rings is 1. The molecule has 0 aliphatic heterocycles. The molecule has 1 aromatic rings. The molecule has 1 amide bonds. The first-order chi connectivity index (χ1) is 8.62. The third-order valence-electron chi connectivity index (χ3n) is 2.56. The molecule has 0 fully saturated rings. The summed E-state index contributed by atoms with van der Waals surface area (Å²) in [6.07, 6.45) is 0.696. The van der Waals surface area contributed by atoms with Gasteiger partial charge in [-0.3, -0.25) is 4.79 Å². The van der Waals surface area contributed by atoms with Crippen molar-refractivity contribution in [2.75, 3.05) is 19.2 Å². The lowest BCUT2D eigenvalue weighted by molar-refractivity contribution is 0.0734. The quantitative estimate of drug-likeness (QED) is 0.815. The Morgan fingerprint density at radius 3 is 2.56 bits per heavy atom. The Kier molecular flexibility index (Phi) is 5.12. The topological polar surface area (TPSA) is 56.1 Å². The van der Waals surface area contributed by atoms with E-state index in [1.807, 2.05) is 6.92 Å². The SMILES string of the molecule is CCC(C#N)Nc1ccc(C(=O)N(C)CF)cc1. The van der Waals surface area contributed by atoms with E-state index in [0.717, 1.165) is 10.6 Å². The van der Waals surface area contributed by atoms with E-state index in [0.29, 0.717) is 12.0 Å². The van der Waals surface area contributed by atoms with E-state index < -0.39 is 6.80 Å². The van der Waals surface area contributed by atoms with Crippen molar-refractivity contribution < 1.29 is 9.18 Å². The van der Waals surface area contributed by atoms with E-state index in [9.17, 15) is 9.18 Å². The fourth-order valence-corrected chi connectivity index (χ4v) is 1.41. The van der Waals surface area contributed by atoms with E-state index in [1.54, 1.807) is 24.3 Å². The van der Waals surface area contributed by atoms with E-state index in [-0.39, 0.29) is 11.9 Å². The lowest BCUT2D eigenvalue weighted by Gasteiger charge is -2.14. The second-order valence-corrected chi connectivity index (χ2v) is 3.93. The van der Waals surface area contributed by atoms with Gasteiger partial charge in [0.05, 0.1) is 6.07 Å². The van der Waals surface area contributed by atoms with Crippen molar-refractivity contribution in [3.05, 3.63) is 29.8 Å². The van der Waals surface area contributed by atoms with Crippen molar-refractivity contribution in [2.24, 2.45) is 0 Å². The second-order valence-electron chi connectivity index (χ2n) is 3.93. The van der Waals surface area contributed by atoms with Crippen LogP contribution in [0.15, 0.2) is 24.3 Å². The number of nitrogens with zero attached hydrogens (tertiary/aromatic N) is 2. The number of amides is 1. The van der Waals surface area contributed by atoms with Crippen LogP contribution in [0, 0.1) is 11.3 Å². The summed E-state index contributed by atoms with van der Waals surface area (Å²) in [6.45, 7) is 1.10. The highest BCUT2D eigenvalue weighted by Gasteiger charge is 2.11. The van der Waals surface area contributed by atoms with Crippen LogP contribution in [0.3, 0.4) is 0 Å². The Balaban J connectivity index is 2.74. The van der Waals surface area contributed by atoms with Gasteiger partial charge >= 0.3 is 0 Å². The van der Waals surface area contributed by atoms with E-state index in [4.69, 9.17) is 5.26 Å². The number of carbonyl (C=O) groups excluding carboxylic acids is 1. The van der Waals surface area contributed by atoms with Crippen LogP contribution in [0.4, 0.5) is 10.1 Å². The van der Waals surface area contributed by atoms with Crippen molar-refractivity contribution in [1.29, 1.82) is 5.26 Å². The molecule has 0 radical (unpaired) electrons. The summed E-state index contributed by atoms with van der Waals surface area (Å²) >= 11 is 0. The van der Waals surface area contributed by atoms with Gasteiger partial charge in [0.1, 0.15) is 6.04 Å². The predicted octanol–water partition coefficient (Wildman–Crippen LogP) is 2.40. The molecule has 18 heavy (non-hydrogen) atoms. The van der Waals surface area contributed by atoms with Crippen molar-refractivity contribution in [3.8, 4) is 6.07 Å². The lowest BCUT2D eigenvalue weighted by Crippen LogP contribution is -2.25. The minimum atomic E-state index is -0.814. The zero-order chi connectivity index (χ0) is 13.5. The van der Waals surface area contributed by atoms with Crippen molar-refractivity contribution in [1.82, 2.24) is 4.90 Å². The maximum Gasteiger partial charge on any atom is 0.255 e. The summed E-state index contributed by atoms with van der Waals surface area (Å²) in [4.78, 5) is 12.6. The number of carbonyl (C=O) groups is 1. The van der Waals surface area contributed by atoms with Crippen molar-refractivity contribution in [2.45, 2.75) is 19.4 Å². The van der Waals surface area contributed by atoms with Gasteiger partial charge in [0.2, 0.25) is 0 Å². The van der Waals surface area contributed by atoms with Gasteiger partial charge in [0.25, 0.3) is 5.91 Å². The first-order valence-corrected chi connectivity index (χ1v) is 5.70. The van der Waals surface area contributed by atoms with E-state index in [2.05, 4.69) is 11.4 Å². The van der Waals surface area contributed by atoms with E-state index >= 15 is 0 Å². The molecule has 4 nitrogen and oxygen atoms in total. The molecule has 0 saturated carbocycles. The normalized spacial score (nSPS) is 11.4. The molecule has 5 heteroatoms. The van der Waals surface area contributed by atoms with Gasteiger partial charge in [-0.2, -0.15) is 5.26 Å². The van der Waals surface area contributed by atoms with Crippen LogP contribution in [0.25, 0.3) is 0 Å². The molecule has 1 N–H and O–H groups in total. The zero-order valence-corrected chi connectivity index (χ0v) is 10.5. The molecular formula is C13H16FN3O. The number of halogens is 1. The zero-order valence-electron chi connectivity index (χ0n) is 10.5. The number of alkyl halides is 1. The number of nitriles is 1. The molecule has 0 heterocycles. The maximum absolute atomic E-state index is 12.3. The Labute approximate surface area is 106 Å². The van der Waals surface area contributed by atoms with Gasteiger partial charge in [-0.25, -0.2) is 4.39 Å². The van der Waals surface area contributed by atoms with Crippen LogP contribution in [0.5, 0.6) is 0 Å². The second kappa shape index (κ2) is 6.60. The maximum atomic E-state index is 12.3. The summed E-state index contributed by atoms with van der Waals surface area (Å²) < 4.78 is 12.3. The van der Waals surface area contributed by atoms with E-state index in [1.165, 1.54) is 7.05 Å². The molecule has 1 unspecified atom stereocenters. The number of anilines is 1. The first-order valence-electron chi connectivity index (χ1n) is 5.70. The lowest BCUT2D eigenvalue weighted by atomic mass is 10.1. The van der Waals surface area contributed by atoms with Gasteiger partial charge in [-0.05, 0) is 30.7 Å². The number of hydrogen-bond acceptors (Lipinski definition) is 3. The minimum absolute atomic E-state index is 0.250. The summed E-state index contributed by atoms with van der Waals surface area (Å²) in [5.41, 5.74) is 1.19. The van der Waals surface area contributed by atoms with Gasteiger partial charge in [0.15, 0.2) is 6.80 Å². The molecule has 0 bridgehead atoms. The van der Waals surface area contributed by atoms with Crippen LogP contribution < -0.4 is 5.32 Å². The molecule has 0 aromatic heterocycles. The predicted molar refractivity (Wildman–Crippen MR) is 67.8 cm³/mol. The van der Waals surface area contributed by atoms with Gasteiger partial charge in [-0.15, -0.1) is 0 Å². The minimum Gasteiger partial charge on any atom is -0.370 e. The smallest absolute Gasteiger partial charge is 0.255 e. The molecular weight excluding hydrogens is 233 g/mol. The molecule has 1 aromatic carbocycles. The van der Waals surface area contributed by atoms with Gasteiger partial charge < -0.3 is 10.2 Å². The van der Waals surface area contributed by atoms with Crippen LogP contribution in [-0.2, 0) is 0 Å². The molecule has 1 rings (SSSR count). The largest absolute Gasteiger partial charge is 0.370 e. The highest BCUT2D eigenvalue weighted by Crippen LogP contribution is 2.13. The third kappa shape index (κ3) is 3.45. The Bertz CT molecular complexity index is 439. The third-order valence-corrected chi connectivity index (χ3v) is 2.56. The number of hydrogen-bond donors (Lipinski definition) is 1. The molecule has 0 aliphatic rings. The van der Waals surface area contributed by atoms with Gasteiger partial charge in [0, 0.05) is 18.3 Å². The standard InChI is InChI=1S/C13H16FN3O/c1-3-11(8-15)16-12-6-4-10(5-7-12)13(18)17(2)9-14/h4-7,11,16H,3,9H2,1-2H3. The highest BCUT2D eigenvalue weighted by molar-refractivity contribution is 5.94. The average molecular weight is 249 g/mol. The molecule has 0 saturated heterocycles. The summed E-state index contributed by atoms with van der Waals surface area (Å²) in [6, 6.07) is 8.52. The Morgan fingerprint density at radius 2 is 2.11 bits per heavy atom. The van der Waals surface area contributed by atoms with Gasteiger partial charge in [-0.1, -0.05) is 6.92 Å². The molecule has 1 atom stereocenters. The van der Waals surface area contributed by atoms with Crippen molar-refractivity contribution >= 4 is 11.6 Å². The van der Waals surface area contributed by atoms with Crippen LogP contribution >= 0.6 is 0 Å². The summed E-state index contributed by atoms with van der Waals surface area (Å²) in [7, 11) is 1.40. The first kappa shape index (κ1) is 14.0. The fourth-order valence-electron chi connectivity index (χ4n) is 1.41. The van der Waals surface area contributed by atoms with Crippen LogP contribution in [-0.4, -0.2) is 30.7 Å². The molecule has 96 valence electrons. The molecule has 0 aliphatic carbocycles. The Hall–Kier alpha value is -2.09. The van der Waals surface area contributed by atoms with Crippen LogP contribution in [0.2, 0.25) is 0 Å². The van der Waals surface area contributed by atoms with Crippen LogP contribution in [0.1, 0.15) is 23.7 Å². The summed E-state index contributed by atoms with van der Waals surface area (Å²) in [5.74, 6) is -0.364. The number of nitrogens with one attached hydrogen (secondary N) is 1. The Morgan fingerprint density at radius 1 is 1.50 bits per heavy atom. The molecule has 0 spiro atoms.